The van der Waals surface area contributed by atoms with E-state index in [2.05, 4.69) is 29.2 Å². The molecule has 0 aliphatic carbocycles. The van der Waals surface area contributed by atoms with Crippen molar-refractivity contribution in [2.24, 2.45) is 0 Å². The first-order valence-electron chi connectivity index (χ1n) is 5.45. The third-order valence-corrected chi connectivity index (χ3v) is 3.28. The molecule has 0 saturated heterocycles. The average molecular weight is 269 g/mol. The molecule has 0 radical (unpaired) electrons. The first kappa shape index (κ1) is 12.5. The number of hydrogen-bond acceptors (Lipinski definition) is 4. The first-order chi connectivity index (χ1) is 8.33. The van der Waals surface area contributed by atoms with Crippen LogP contribution in [0, 0.1) is 0 Å². The Kier molecular flexibility index (Phi) is 4.45. The molecular weight excluding hydrogens is 256 g/mol. The van der Waals surface area contributed by atoms with Gasteiger partial charge in [0.25, 0.3) is 0 Å². The number of thioether (sulfide) groups is 1. The molecule has 17 heavy (non-hydrogen) atoms. The molecule has 1 aromatic carbocycles. The third-order valence-electron chi connectivity index (χ3n) is 2.20. The van der Waals surface area contributed by atoms with Gasteiger partial charge in [-0.2, -0.15) is 4.98 Å². The standard InChI is InChI=1S/C12H13ClN2OS/c1-2-17-10-5-3-9(4-6-10)12-14-11(7-8-13)16-15-12/h3-6H,2,7-8H2,1H3. The second-order valence-electron chi connectivity index (χ2n) is 3.41. The van der Waals surface area contributed by atoms with Crippen LogP contribution in [-0.2, 0) is 6.42 Å². The molecule has 90 valence electrons. The molecule has 0 fully saturated rings. The zero-order chi connectivity index (χ0) is 12.1. The number of alkyl halides is 1. The van der Waals surface area contributed by atoms with E-state index in [1.807, 2.05) is 23.9 Å². The highest BCUT2D eigenvalue weighted by Gasteiger charge is 2.07. The Bertz CT molecular complexity index is 470. The SMILES string of the molecule is CCSc1ccc(-c2noc(CCCl)n2)cc1. The summed E-state index contributed by atoms with van der Waals surface area (Å²) in [5.41, 5.74) is 0.968. The maximum absolute atomic E-state index is 5.62. The Morgan fingerprint density at radius 1 is 1.29 bits per heavy atom. The van der Waals surface area contributed by atoms with Gasteiger partial charge in [-0.1, -0.05) is 12.1 Å². The Hall–Kier alpha value is -1.00. The van der Waals surface area contributed by atoms with Gasteiger partial charge in [-0.15, -0.1) is 23.4 Å². The fraction of sp³-hybridized carbons (Fsp3) is 0.333. The van der Waals surface area contributed by atoms with Gasteiger partial charge < -0.3 is 4.52 Å². The quantitative estimate of drug-likeness (QED) is 0.613. The topological polar surface area (TPSA) is 38.9 Å². The Morgan fingerprint density at radius 2 is 2.06 bits per heavy atom. The van der Waals surface area contributed by atoms with E-state index >= 15 is 0 Å². The predicted molar refractivity (Wildman–Crippen MR) is 70.6 cm³/mol. The molecule has 1 heterocycles. The van der Waals surface area contributed by atoms with Crippen LogP contribution in [0.2, 0.25) is 0 Å². The van der Waals surface area contributed by atoms with Crippen LogP contribution in [0.1, 0.15) is 12.8 Å². The van der Waals surface area contributed by atoms with Crippen LogP contribution in [-0.4, -0.2) is 21.8 Å². The van der Waals surface area contributed by atoms with Gasteiger partial charge in [0, 0.05) is 22.8 Å². The lowest BCUT2D eigenvalue weighted by Crippen LogP contribution is -1.86. The highest BCUT2D eigenvalue weighted by atomic mass is 35.5. The molecule has 0 unspecified atom stereocenters. The first-order valence-corrected chi connectivity index (χ1v) is 6.97. The van der Waals surface area contributed by atoms with Gasteiger partial charge in [0.15, 0.2) is 0 Å². The van der Waals surface area contributed by atoms with E-state index in [1.54, 1.807) is 0 Å². The number of aryl methyl sites for hydroxylation is 1. The summed E-state index contributed by atoms with van der Waals surface area (Å²) < 4.78 is 5.09. The van der Waals surface area contributed by atoms with Crippen molar-refractivity contribution in [2.45, 2.75) is 18.2 Å². The molecule has 0 amide bonds. The fourth-order valence-electron chi connectivity index (χ4n) is 1.42. The Labute approximate surface area is 110 Å². The number of nitrogens with zero attached hydrogens (tertiary/aromatic N) is 2. The third kappa shape index (κ3) is 3.23. The molecule has 0 aliphatic heterocycles. The molecule has 3 nitrogen and oxygen atoms in total. The van der Waals surface area contributed by atoms with Gasteiger partial charge in [-0.3, -0.25) is 0 Å². The highest BCUT2D eigenvalue weighted by molar-refractivity contribution is 7.99. The monoisotopic (exact) mass is 268 g/mol. The molecule has 5 heteroatoms. The number of rotatable bonds is 5. The lowest BCUT2D eigenvalue weighted by molar-refractivity contribution is 0.383. The van der Waals surface area contributed by atoms with E-state index < -0.39 is 0 Å². The molecule has 0 aliphatic rings. The number of hydrogen-bond donors (Lipinski definition) is 0. The Morgan fingerprint density at radius 3 is 2.71 bits per heavy atom. The zero-order valence-electron chi connectivity index (χ0n) is 9.52. The summed E-state index contributed by atoms with van der Waals surface area (Å²) in [5.74, 6) is 2.77. The van der Waals surface area contributed by atoms with Crippen LogP contribution < -0.4 is 0 Å². The van der Waals surface area contributed by atoms with Crippen molar-refractivity contribution in [2.75, 3.05) is 11.6 Å². The molecule has 0 spiro atoms. The minimum Gasteiger partial charge on any atom is -0.339 e. The molecule has 0 N–H and O–H groups in total. The number of aromatic nitrogens is 2. The van der Waals surface area contributed by atoms with Crippen molar-refractivity contribution in [3.05, 3.63) is 30.2 Å². The van der Waals surface area contributed by atoms with Crippen molar-refractivity contribution >= 4 is 23.4 Å². The molecule has 1 aromatic heterocycles. The van der Waals surface area contributed by atoms with Crippen LogP contribution >= 0.6 is 23.4 Å². The van der Waals surface area contributed by atoms with Crippen molar-refractivity contribution in [1.29, 1.82) is 0 Å². The predicted octanol–water partition coefficient (Wildman–Crippen LogP) is 3.63. The number of benzene rings is 1. The van der Waals surface area contributed by atoms with E-state index in [9.17, 15) is 0 Å². The van der Waals surface area contributed by atoms with E-state index in [0.717, 1.165) is 11.3 Å². The van der Waals surface area contributed by atoms with Crippen LogP contribution in [0.5, 0.6) is 0 Å². The minimum absolute atomic E-state index is 0.494. The highest BCUT2D eigenvalue weighted by Crippen LogP contribution is 2.22. The second-order valence-corrected chi connectivity index (χ2v) is 5.12. The summed E-state index contributed by atoms with van der Waals surface area (Å²) in [6, 6.07) is 8.16. The van der Waals surface area contributed by atoms with E-state index in [0.29, 0.717) is 24.0 Å². The van der Waals surface area contributed by atoms with E-state index in [4.69, 9.17) is 16.1 Å². The van der Waals surface area contributed by atoms with Gasteiger partial charge in [-0.25, -0.2) is 0 Å². The molecule has 0 atom stereocenters. The summed E-state index contributed by atoms with van der Waals surface area (Å²) in [5, 5.41) is 3.93. The maximum Gasteiger partial charge on any atom is 0.228 e. The van der Waals surface area contributed by atoms with Crippen molar-refractivity contribution in [3.8, 4) is 11.4 Å². The Balaban J connectivity index is 2.15. The van der Waals surface area contributed by atoms with Crippen molar-refractivity contribution < 1.29 is 4.52 Å². The molecular formula is C12H13ClN2OS. The van der Waals surface area contributed by atoms with Gasteiger partial charge in [0.05, 0.1) is 0 Å². The average Bonchev–Trinajstić information content (AvgIpc) is 2.80. The zero-order valence-corrected chi connectivity index (χ0v) is 11.1. The lowest BCUT2D eigenvalue weighted by atomic mass is 10.2. The van der Waals surface area contributed by atoms with Gasteiger partial charge >= 0.3 is 0 Å². The number of halogens is 1. The summed E-state index contributed by atoms with van der Waals surface area (Å²) >= 11 is 7.43. The summed E-state index contributed by atoms with van der Waals surface area (Å²) in [4.78, 5) is 5.53. The van der Waals surface area contributed by atoms with Gasteiger partial charge in [0.2, 0.25) is 11.7 Å². The van der Waals surface area contributed by atoms with Crippen LogP contribution in [0.15, 0.2) is 33.7 Å². The fourth-order valence-corrected chi connectivity index (χ4v) is 2.24. The summed E-state index contributed by atoms with van der Waals surface area (Å²) in [6.07, 6.45) is 0.609. The summed E-state index contributed by atoms with van der Waals surface area (Å²) in [7, 11) is 0. The smallest absolute Gasteiger partial charge is 0.228 e. The van der Waals surface area contributed by atoms with Crippen LogP contribution in [0.3, 0.4) is 0 Å². The van der Waals surface area contributed by atoms with Gasteiger partial charge in [-0.05, 0) is 30.0 Å². The van der Waals surface area contributed by atoms with E-state index in [1.165, 1.54) is 4.90 Å². The second kappa shape index (κ2) is 6.07. The molecule has 2 aromatic rings. The van der Waals surface area contributed by atoms with Crippen molar-refractivity contribution in [1.82, 2.24) is 10.1 Å². The molecule has 0 saturated carbocycles. The summed E-state index contributed by atoms with van der Waals surface area (Å²) in [6.45, 7) is 2.14. The minimum atomic E-state index is 0.494. The van der Waals surface area contributed by atoms with Crippen LogP contribution in [0.4, 0.5) is 0 Å². The normalized spacial score (nSPS) is 10.7. The van der Waals surface area contributed by atoms with E-state index in [-0.39, 0.29) is 0 Å². The molecule has 2 rings (SSSR count). The van der Waals surface area contributed by atoms with Gasteiger partial charge in [0.1, 0.15) is 0 Å². The van der Waals surface area contributed by atoms with Crippen LogP contribution in [0.25, 0.3) is 11.4 Å². The largest absolute Gasteiger partial charge is 0.339 e. The maximum atomic E-state index is 5.62. The molecule has 0 bridgehead atoms. The van der Waals surface area contributed by atoms with Crippen molar-refractivity contribution in [3.63, 3.8) is 0 Å². The lowest BCUT2D eigenvalue weighted by Gasteiger charge is -1.98.